The van der Waals surface area contributed by atoms with Crippen molar-refractivity contribution in [3.05, 3.63) is 41.5 Å². The Morgan fingerprint density at radius 1 is 1.26 bits per heavy atom. The van der Waals surface area contributed by atoms with Crippen LogP contribution in [-0.2, 0) is 6.61 Å². The van der Waals surface area contributed by atoms with E-state index in [1.54, 1.807) is 0 Å². The topological polar surface area (TPSA) is 89.3 Å². The van der Waals surface area contributed by atoms with Gasteiger partial charge in [-0.05, 0) is 49.9 Å². The van der Waals surface area contributed by atoms with Gasteiger partial charge in [0.25, 0.3) is 5.91 Å². The number of alkyl halides is 2. The van der Waals surface area contributed by atoms with Crippen LogP contribution >= 0.6 is 0 Å². The lowest BCUT2D eigenvalue weighted by Crippen LogP contribution is -2.44. The zero-order valence-electron chi connectivity index (χ0n) is 14.5. The van der Waals surface area contributed by atoms with Crippen LogP contribution in [0.15, 0.2) is 24.3 Å². The Bertz CT molecular complexity index is 815. The number of aliphatic hydroxyl groups is 1. The van der Waals surface area contributed by atoms with Gasteiger partial charge in [0, 0.05) is 23.6 Å². The predicted octanol–water partition coefficient (Wildman–Crippen LogP) is 2.38. The Morgan fingerprint density at radius 3 is 2.56 bits per heavy atom. The summed E-state index contributed by atoms with van der Waals surface area (Å²) < 4.78 is 30.6. The van der Waals surface area contributed by atoms with E-state index in [9.17, 15) is 18.7 Å². The molecule has 1 aromatic heterocycles. The second-order valence-electron chi connectivity index (χ2n) is 6.98. The number of nitrogens with zero attached hydrogens (tertiary/aromatic N) is 3. The molecule has 9 heteroatoms. The number of hydrogen-bond donors (Lipinski definition) is 2. The second kappa shape index (κ2) is 7.22. The van der Waals surface area contributed by atoms with Crippen LogP contribution in [0.4, 0.5) is 8.78 Å². The molecule has 0 saturated heterocycles. The minimum absolute atomic E-state index is 0.0179. The number of aromatic nitrogens is 3. The molecule has 27 heavy (non-hydrogen) atoms. The first kappa shape index (κ1) is 17.8. The number of carbonyl (C=O) groups is 1. The van der Waals surface area contributed by atoms with Crippen LogP contribution < -0.4 is 10.1 Å². The molecule has 0 aliphatic heterocycles. The Kier molecular flexibility index (Phi) is 4.77. The number of ether oxygens (including phenoxy) is 1. The maximum absolute atomic E-state index is 12.3. The lowest BCUT2D eigenvalue weighted by atomic mass is 9.79. The minimum Gasteiger partial charge on any atom is -0.435 e. The molecule has 2 aliphatic carbocycles. The number of halogens is 2. The fraction of sp³-hybridized carbons (Fsp3) is 0.500. The fourth-order valence-corrected chi connectivity index (χ4v) is 3.46. The average molecular weight is 378 g/mol. The number of amides is 1. The van der Waals surface area contributed by atoms with Crippen molar-refractivity contribution in [2.24, 2.45) is 0 Å². The molecule has 0 spiro atoms. The van der Waals surface area contributed by atoms with E-state index < -0.39 is 6.61 Å². The van der Waals surface area contributed by atoms with Crippen LogP contribution in [-0.4, -0.2) is 38.4 Å². The number of benzene rings is 1. The summed E-state index contributed by atoms with van der Waals surface area (Å²) in [5.41, 5.74) is 0.392. The van der Waals surface area contributed by atoms with Gasteiger partial charge < -0.3 is 19.7 Å². The van der Waals surface area contributed by atoms with E-state index in [1.807, 2.05) is 4.57 Å². The Balaban J connectivity index is 1.33. The molecular formula is C18H20F2N4O3. The quantitative estimate of drug-likeness (QED) is 0.772. The molecule has 4 rings (SSSR count). The predicted molar refractivity (Wildman–Crippen MR) is 90.5 cm³/mol. The Morgan fingerprint density at radius 2 is 1.96 bits per heavy atom. The van der Waals surface area contributed by atoms with Gasteiger partial charge in [-0.15, -0.1) is 10.2 Å². The first-order chi connectivity index (χ1) is 13.0. The van der Waals surface area contributed by atoms with Crippen molar-refractivity contribution in [3.8, 4) is 5.75 Å². The summed E-state index contributed by atoms with van der Waals surface area (Å²) in [6, 6.07) is 6.03. The highest BCUT2D eigenvalue weighted by Crippen LogP contribution is 2.42. The number of carbonyl (C=O) groups excluding carboxylic acids is 1. The third-order valence-corrected chi connectivity index (χ3v) is 5.03. The molecule has 0 unspecified atom stereocenters. The normalized spacial score (nSPS) is 21.8. The monoisotopic (exact) mass is 378 g/mol. The van der Waals surface area contributed by atoms with Gasteiger partial charge >= 0.3 is 6.61 Å². The fourth-order valence-electron chi connectivity index (χ4n) is 3.46. The van der Waals surface area contributed by atoms with E-state index in [0.717, 1.165) is 31.5 Å². The van der Waals surface area contributed by atoms with E-state index in [-0.39, 0.29) is 30.2 Å². The molecule has 2 fully saturated rings. The third kappa shape index (κ3) is 3.78. The van der Waals surface area contributed by atoms with Crippen LogP contribution in [0.3, 0.4) is 0 Å². The highest BCUT2D eigenvalue weighted by atomic mass is 19.3. The van der Waals surface area contributed by atoms with Gasteiger partial charge in [-0.3, -0.25) is 4.79 Å². The molecule has 2 aliphatic rings. The summed E-state index contributed by atoms with van der Waals surface area (Å²) in [6.45, 7) is -3.01. The molecule has 2 saturated carbocycles. The van der Waals surface area contributed by atoms with E-state index >= 15 is 0 Å². The van der Waals surface area contributed by atoms with Crippen molar-refractivity contribution < 1.29 is 23.4 Å². The van der Waals surface area contributed by atoms with Gasteiger partial charge in [0.1, 0.15) is 18.2 Å². The number of rotatable bonds is 7. The Hall–Kier alpha value is -2.55. The molecule has 0 atom stereocenters. The maximum Gasteiger partial charge on any atom is 0.387 e. The number of aliphatic hydroxyl groups excluding tert-OH is 1. The molecule has 1 amide bonds. The number of nitrogens with one attached hydrogen (secondary N) is 1. The summed E-state index contributed by atoms with van der Waals surface area (Å²) in [5, 5.41) is 20.7. The van der Waals surface area contributed by atoms with Gasteiger partial charge in [0.05, 0.1) is 0 Å². The lowest BCUT2D eigenvalue weighted by Gasteiger charge is -2.35. The van der Waals surface area contributed by atoms with Crippen molar-refractivity contribution in [1.29, 1.82) is 0 Å². The zero-order chi connectivity index (χ0) is 19.0. The van der Waals surface area contributed by atoms with Gasteiger partial charge in [-0.1, -0.05) is 0 Å². The second-order valence-corrected chi connectivity index (χ2v) is 6.98. The summed E-state index contributed by atoms with van der Waals surface area (Å²) in [5.74, 6) is 1.48. The molecule has 0 radical (unpaired) electrons. The van der Waals surface area contributed by atoms with Crippen molar-refractivity contribution in [1.82, 2.24) is 20.1 Å². The standard InChI is InChI=1S/C18H20F2N4O3/c19-18(20)27-14-5-1-10(2-6-14)17(26)21-12-7-11(8-12)16-23-22-15(9-25)24(16)13-3-4-13/h1-2,5-6,11-13,18,25H,3-4,7-9H2,(H,21,26). The highest BCUT2D eigenvalue weighted by molar-refractivity contribution is 5.94. The Labute approximate surface area is 154 Å². The summed E-state index contributed by atoms with van der Waals surface area (Å²) in [4.78, 5) is 12.3. The first-order valence-electron chi connectivity index (χ1n) is 8.95. The maximum atomic E-state index is 12.3. The van der Waals surface area contributed by atoms with E-state index in [4.69, 9.17) is 0 Å². The van der Waals surface area contributed by atoms with Crippen molar-refractivity contribution in [3.63, 3.8) is 0 Å². The van der Waals surface area contributed by atoms with Crippen molar-refractivity contribution in [2.45, 2.75) is 56.9 Å². The van der Waals surface area contributed by atoms with Crippen LogP contribution in [0.2, 0.25) is 0 Å². The molecular weight excluding hydrogens is 358 g/mol. The molecule has 144 valence electrons. The summed E-state index contributed by atoms with van der Waals surface area (Å²) in [7, 11) is 0. The lowest BCUT2D eigenvalue weighted by molar-refractivity contribution is -0.0498. The SMILES string of the molecule is O=C(NC1CC(c2nnc(CO)n2C2CC2)C1)c1ccc(OC(F)F)cc1. The van der Waals surface area contributed by atoms with Gasteiger partial charge in [-0.25, -0.2) is 0 Å². The van der Waals surface area contributed by atoms with E-state index in [0.29, 0.717) is 17.4 Å². The largest absolute Gasteiger partial charge is 0.435 e. The van der Waals surface area contributed by atoms with Crippen LogP contribution in [0.25, 0.3) is 0 Å². The zero-order valence-corrected chi connectivity index (χ0v) is 14.5. The number of hydrogen-bond acceptors (Lipinski definition) is 5. The molecule has 7 nitrogen and oxygen atoms in total. The minimum atomic E-state index is -2.89. The van der Waals surface area contributed by atoms with Crippen LogP contribution in [0.5, 0.6) is 5.75 Å². The van der Waals surface area contributed by atoms with Crippen molar-refractivity contribution >= 4 is 5.91 Å². The third-order valence-electron chi connectivity index (χ3n) is 5.03. The highest BCUT2D eigenvalue weighted by Gasteiger charge is 2.38. The molecule has 1 heterocycles. The van der Waals surface area contributed by atoms with E-state index in [1.165, 1.54) is 24.3 Å². The van der Waals surface area contributed by atoms with Gasteiger partial charge in [0.15, 0.2) is 5.82 Å². The van der Waals surface area contributed by atoms with Crippen molar-refractivity contribution in [2.75, 3.05) is 0 Å². The van der Waals surface area contributed by atoms with E-state index in [2.05, 4.69) is 20.3 Å². The smallest absolute Gasteiger partial charge is 0.387 e. The van der Waals surface area contributed by atoms with Crippen LogP contribution in [0.1, 0.15) is 59.6 Å². The van der Waals surface area contributed by atoms with Gasteiger partial charge in [0.2, 0.25) is 0 Å². The summed E-state index contributed by atoms with van der Waals surface area (Å²) >= 11 is 0. The molecule has 1 aromatic carbocycles. The van der Waals surface area contributed by atoms with Gasteiger partial charge in [-0.2, -0.15) is 8.78 Å². The molecule has 2 N–H and O–H groups in total. The average Bonchev–Trinajstić information content (AvgIpc) is 3.37. The van der Waals surface area contributed by atoms with Crippen LogP contribution in [0, 0.1) is 0 Å². The molecule has 0 bridgehead atoms. The first-order valence-corrected chi connectivity index (χ1v) is 8.95. The molecule has 2 aromatic rings. The summed E-state index contributed by atoms with van der Waals surface area (Å²) in [6.07, 6.45) is 3.68.